The first-order valence-electron chi connectivity index (χ1n) is 8.08. The highest BCUT2D eigenvalue weighted by atomic mass is 32.2. The molecule has 1 saturated carbocycles. The number of hydrogen-bond donors (Lipinski definition) is 3. The van der Waals surface area contributed by atoms with Gasteiger partial charge in [-0.3, -0.25) is 4.79 Å². The van der Waals surface area contributed by atoms with Gasteiger partial charge in [-0.2, -0.15) is 11.8 Å². The highest BCUT2D eigenvalue weighted by Crippen LogP contribution is 2.27. The third-order valence-corrected chi connectivity index (χ3v) is 4.92. The molecule has 6 nitrogen and oxygen atoms in total. The summed E-state index contributed by atoms with van der Waals surface area (Å²) >= 11 is 1.93. The van der Waals surface area contributed by atoms with Crippen LogP contribution in [0, 0.1) is 0 Å². The molecule has 2 rings (SSSR count). The largest absolute Gasteiger partial charge is 0.467 e. The van der Waals surface area contributed by atoms with E-state index in [-0.39, 0.29) is 12.5 Å². The smallest absolute Gasteiger partial charge is 0.242 e. The topological polar surface area (TPSA) is 78.7 Å². The van der Waals surface area contributed by atoms with Crippen molar-refractivity contribution in [3.63, 3.8) is 0 Å². The molecule has 1 amide bonds. The van der Waals surface area contributed by atoms with Gasteiger partial charge >= 0.3 is 0 Å². The quantitative estimate of drug-likeness (QED) is 0.521. The van der Waals surface area contributed by atoms with E-state index in [9.17, 15) is 4.79 Å². The van der Waals surface area contributed by atoms with E-state index in [2.05, 4.69) is 27.2 Å². The predicted molar refractivity (Wildman–Crippen MR) is 94.6 cm³/mol. The molecule has 23 heavy (non-hydrogen) atoms. The predicted octanol–water partition coefficient (Wildman–Crippen LogP) is 1.73. The molecule has 7 heteroatoms. The molecule has 2 unspecified atom stereocenters. The van der Waals surface area contributed by atoms with Crippen LogP contribution in [0.4, 0.5) is 0 Å². The molecule has 1 aromatic rings. The highest BCUT2D eigenvalue weighted by Gasteiger charge is 2.24. The van der Waals surface area contributed by atoms with Crippen molar-refractivity contribution in [2.75, 3.05) is 19.3 Å². The number of hydrogen-bond acceptors (Lipinski definition) is 4. The molecule has 1 aromatic heterocycles. The number of carbonyl (C=O) groups is 1. The van der Waals surface area contributed by atoms with Crippen LogP contribution in [-0.4, -0.2) is 42.5 Å². The lowest BCUT2D eigenvalue weighted by molar-refractivity contribution is -0.119. The van der Waals surface area contributed by atoms with E-state index >= 15 is 0 Å². The Morgan fingerprint density at radius 1 is 1.43 bits per heavy atom. The third-order valence-electron chi connectivity index (χ3n) is 3.82. The fourth-order valence-electron chi connectivity index (χ4n) is 2.60. The minimum atomic E-state index is -0.119. The molecule has 0 bridgehead atoms. The van der Waals surface area contributed by atoms with E-state index in [4.69, 9.17) is 4.42 Å². The van der Waals surface area contributed by atoms with Crippen LogP contribution in [0.1, 0.15) is 31.9 Å². The number of thioether (sulfide) groups is 1. The van der Waals surface area contributed by atoms with Gasteiger partial charge in [-0.25, -0.2) is 4.99 Å². The Bertz CT molecular complexity index is 504. The number of carbonyl (C=O) groups excluding carboxylic acids is 1. The summed E-state index contributed by atoms with van der Waals surface area (Å²) in [5.74, 6) is 1.33. The molecule has 0 aliphatic heterocycles. The molecule has 0 saturated heterocycles. The van der Waals surface area contributed by atoms with Crippen LogP contribution in [0.3, 0.4) is 0 Å². The molecule has 0 aromatic carbocycles. The van der Waals surface area contributed by atoms with Gasteiger partial charge in [0, 0.05) is 17.8 Å². The minimum Gasteiger partial charge on any atom is -0.467 e. The van der Waals surface area contributed by atoms with Gasteiger partial charge in [-0.15, -0.1) is 0 Å². The fraction of sp³-hybridized carbons (Fsp3) is 0.625. The summed E-state index contributed by atoms with van der Waals surface area (Å²) in [4.78, 5) is 16.2. The first-order valence-corrected chi connectivity index (χ1v) is 9.36. The van der Waals surface area contributed by atoms with Crippen molar-refractivity contribution < 1.29 is 9.21 Å². The van der Waals surface area contributed by atoms with Crippen molar-refractivity contribution in [3.05, 3.63) is 24.2 Å². The van der Waals surface area contributed by atoms with Crippen molar-refractivity contribution in [1.29, 1.82) is 0 Å². The van der Waals surface area contributed by atoms with E-state index in [1.165, 1.54) is 6.42 Å². The maximum absolute atomic E-state index is 11.9. The maximum atomic E-state index is 11.9. The second-order valence-corrected chi connectivity index (χ2v) is 6.70. The molecule has 0 spiro atoms. The standard InChI is InChI=1S/C16H26N4O2S/c1-3-17-16(20-12-6-7-14(9-12)23-2)19-11-15(21)18-10-13-5-4-8-22-13/h4-5,8,12,14H,3,6-7,9-11H2,1-2H3,(H,18,21)(H2,17,19,20). The monoisotopic (exact) mass is 338 g/mol. The molecule has 1 aliphatic rings. The summed E-state index contributed by atoms with van der Waals surface area (Å²) < 4.78 is 5.18. The Hall–Kier alpha value is -1.63. The van der Waals surface area contributed by atoms with Crippen molar-refractivity contribution >= 4 is 23.6 Å². The fourth-order valence-corrected chi connectivity index (χ4v) is 3.40. The van der Waals surface area contributed by atoms with Crippen LogP contribution >= 0.6 is 11.8 Å². The SMILES string of the molecule is CCNC(=NCC(=O)NCc1ccco1)NC1CCC(SC)C1. The molecule has 2 atom stereocenters. The summed E-state index contributed by atoms with van der Waals surface area (Å²) in [6.07, 6.45) is 7.30. The van der Waals surface area contributed by atoms with Crippen LogP contribution in [0.5, 0.6) is 0 Å². The van der Waals surface area contributed by atoms with Gasteiger partial charge in [-0.05, 0) is 44.6 Å². The summed E-state index contributed by atoms with van der Waals surface area (Å²) in [5, 5.41) is 10.2. The zero-order valence-corrected chi connectivity index (χ0v) is 14.6. The van der Waals surface area contributed by atoms with Crippen LogP contribution in [-0.2, 0) is 11.3 Å². The van der Waals surface area contributed by atoms with Gasteiger partial charge in [0.1, 0.15) is 12.3 Å². The van der Waals surface area contributed by atoms with E-state index in [1.807, 2.05) is 24.8 Å². The summed E-state index contributed by atoms with van der Waals surface area (Å²) in [6, 6.07) is 4.07. The second kappa shape index (κ2) is 9.50. The number of aliphatic imine (C=N–C) groups is 1. The van der Waals surface area contributed by atoms with E-state index in [0.29, 0.717) is 18.5 Å². The van der Waals surface area contributed by atoms with Gasteiger partial charge in [0.2, 0.25) is 5.91 Å². The summed E-state index contributed by atoms with van der Waals surface area (Å²) in [6.45, 7) is 3.30. The third kappa shape index (κ3) is 6.17. The summed E-state index contributed by atoms with van der Waals surface area (Å²) in [7, 11) is 0. The van der Waals surface area contributed by atoms with Crippen molar-refractivity contribution in [2.24, 2.45) is 4.99 Å². The second-order valence-electron chi connectivity index (χ2n) is 5.56. The number of rotatable bonds is 7. The van der Waals surface area contributed by atoms with Gasteiger partial charge in [0.15, 0.2) is 5.96 Å². The van der Waals surface area contributed by atoms with E-state index in [1.54, 1.807) is 12.3 Å². The van der Waals surface area contributed by atoms with Gasteiger partial charge in [0.05, 0.1) is 12.8 Å². The van der Waals surface area contributed by atoms with Crippen LogP contribution in [0.15, 0.2) is 27.8 Å². The number of nitrogens with zero attached hydrogens (tertiary/aromatic N) is 1. The van der Waals surface area contributed by atoms with E-state index in [0.717, 1.165) is 30.4 Å². The Morgan fingerprint density at radius 2 is 2.30 bits per heavy atom. The molecule has 1 aliphatic carbocycles. The zero-order chi connectivity index (χ0) is 16.5. The Balaban J connectivity index is 1.77. The van der Waals surface area contributed by atoms with Crippen LogP contribution in [0.2, 0.25) is 0 Å². The lowest BCUT2D eigenvalue weighted by Gasteiger charge is -2.17. The molecule has 0 radical (unpaired) electrons. The van der Waals surface area contributed by atoms with Crippen LogP contribution < -0.4 is 16.0 Å². The number of guanidine groups is 1. The molecular formula is C16H26N4O2S. The minimum absolute atomic E-state index is 0.106. The first kappa shape index (κ1) is 17.7. The van der Waals surface area contributed by atoms with Crippen molar-refractivity contribution in [2.45, 2.75) is 44.0 Å². The van der Waals surface area contributed by atoms with Crippen molar-refractivity contribution in [3.8, 4) is 0 Å². The van der Waals surface area contributed by atoms with Gasteiger partial charge in [-0.1, -0.05) is 0 Å². The van der Waals surface area contributed by atoms with E-state index < -0.39 is 0 Å². The number of amides is 1. The number of nitrogens with one attached hydrogen (secondary N) is 3. The Kier molecular flexibility index (Phi) is 7.32. The average Bonchev–Trinajstić information content (AvgIpc) is 3.22. The maximum Gasteiger partial charge on any atom is 0.242 e. The zero-order valence-electron chi connectivity index (χ0n) is 13.8. The summed E-state index contributed by atoms with van der Waals surface area (Å²) in [5.41, 5.74) is 0. The lowest BCUT2D eigenvalue weighted by atomic mass is 10.2. The normalized spacial score (nSPS) is 21.2. The van der Waals surface area contributed by atoms with Crippen molar-refractivity contribution in [1.82, 2.24) is 16.0 Å². The lowest BCUT2D eigenvalue weighted by Crippen LogP contribution is -2.43. The Morgan fingerprint density at radius 3 is 2.96 bits per heavy atom. The highest BCUT2D eigenvalue weighted by molar-refractivity contribution is 7.99. The molecule has 1 heterocycles. The molecule has 3 N–H and O–H groups in total. The Labute approximate surface area is 141 Å². The van der Waals surface area contributed by atoms with Gasteiger partial charge < -0.3 is 20.4 Å². The number of furan rings is 1. The van der Waals surface area contributed by atoms with Gasteiger partial charge in [0.25, 0.3) is 0 Å². The van der Waals surface area contributed by atoms with Crippen LogP contribution in [0.25, 0.3) is 0 Å². The molecular weight excluding hydrogens is 312 g/mol. The average molecular weight is 338 g/mol. The first-order chi connectivity index (χ1) is 11.2. The molecule has 128 valence electrons. The molecule has 1 fully saturated rings.